The Hall–Kier alpha value is -4.26. The number of hydrogen-bond donors (Lipinski definition) is 1. The van der Waals surface area contributed by atoms with Gasteiger partial charge in [0.1, 0.15) is 11.9 Å². The number of aromatic nitrogens is 4. The van der Waals surface area contributed by atoms with E-state index in [1.54, 1.807) is 13.1 Å². The lowest BCUT2D eigenvalue weighted by Crippen LogP contribution is -2.05. The van der Waals surface area contributed by atoms with Crippen LogP contribution in [0.25, 0.3) is 27.9 Å². The lowest BCUT2D eigenvalue weighted by atomic mass is 9.98. The van der Waals surface area contributed by atoms with Crippen molar-refractivity contribution in [2.45, 2.75) is 12.6 Å². The molecular formula is C23H14F4N6. The molecule has 6 nitrogen and oxygen atoms in total. The van der Waals surface area contributed by atoms with Crippen LogP contribution in [0.15, 0.2) is 49.2 Å². The molecule has 0 aliphatic heterocycles. The molecule has 0 radical (unpaired) electrons. The molecule has 0 saturated carbocycles. The lowest BCUT2D eigenvalue weighted by Gasteiger charge is -2.16. The van der Waals surface area contributed by atoms with Crippen molar-refractivity contribution in [3.05, 3.63) is 77.4 Å². The number of alkyl halides is 3. The minimum absolute atomic E-state index is 0.277. The molecule has 0 fully saturated rings. The Morgan fingerprint density at radius 2 is 1.91 bits per heavy atom. The van der Waals surface area contributed by atoms with Gasteiger partial charge in [0.15, 0.2) is 0 Å². The minimum atomic E-state index is -4.58. The highest BCUT2D eigenvalue weighted by Crippen LogP contribution is 2.46. The summed E-state index contributed by atoms with van der Waals surface area (Å²) in [6, 6.07) is 6.27. The number of hydrogen-bond acceptors (Lipinski definition) is 5. The number of halogens is 4. The molecule has 0 bridgehead atoms. The summed E-state index contributed by atoms with van der Waals surface area (Å²) in [5.41, 5.74) is 3.49. The molecule has 1 aliphatic carbocycles. The number of nitrogens with zero attached hydrogens (tertiary/aromatic N) is 5. The second-order valence-corrected chi connectivity index (χ2v) is 7.49. The Morgan fingerprint density at radius 1 is 1.09 bits per heavy atom. The Morgan fingerprint density at radius 3 is 2.61 bits per heavy atom. The van der Waals surface area contributed by atoms with Crippen LogP contribution in [0.5, 0.6) is 0 Å². The summed E-state index contributed by atoms with van der Waals surface area (Å²) in [7, 11) is 1.67. The standard InChI is InChI=1S/C23H14F4N6/c1-29-19-4-15(24)3-17-16(19)5-20-21(17)22(33-11-14(9-32-33)23(25,26)27)18(10-31-20)13-2-12(6-28)7-30-8-13/h2-4,7-11,29H,5H2,1H3. The van der Waals surface area contributed by atoms with Gasteiger partial charge in [0.05, 0.1) is 28.7 Å². The summed E-state index contributed by atoms with van der Waals surface area (Å²) in [5.74, 6) is -0.494. The predicted molar refractivity (Wildman–Crippen MR) is 112 cm³/mol. The third kappa shape index (κ3) is 3.38. The third-order valence-corrected chi connectivity index (χ3v) is 5.54. The molecule has 3 heterocycles. The molecule has 0 spiro atoms. The Labute approximate surface area is 185 Å². The molecule has 1 aliphatic rings. The maximum absolute atomic E-state index is 14.4. The average Bonchev–Trinajstić information content (AvgIpc) is 3.43. The number of benzene rings is 1. The highest BCUT2D eigenvalue weighted by molar-refractivity contribution is 5.92. The Kier molecular flexibility index (Phi) is 4.63. The fourth-order valence-corrected chi connectivity index (χ4v) is 4.09. The summed E-state index contributed by atoms with van der Waals surface area (Å²) in [6.45, 7) is 0. The van der Waals surface area contributed by atoms with Crippen molar-refractivity contribution in [2.24, 2.45) is 0 Å². The predicted octanol–water partition coefficient (Wildman–Crippen LogP) is 4.97. The number of nitriles is 1. The van der Waals surface area contributed by atoms with Crippen LogP contribution in [0.2, 0.25) is 0 Å². The first kappa shape index (κ1) is 20.6. The van der Waals surface area contributed by atoms with Gasteiger partial charge in [-0.3, -0.25) is 9.97 Å². The van der Waals surface area contributed by atoms with Crippen LogP contribution in [0.3, 0.4) is 0 Å². The number of pyridine rings is 2. The first-order chi connectivity index (χ1) is 15.8. The van der Waals surface area contributed by atoms with Gasteiger partial charge in [-0.15, -0.1) is 0 Å². The molecule has 5 rings (SSSR count). The van der Waals surface area contributed by atoms with Crippen molar-refractivity contribution in [3.63, 3.8) is 0 Å². The van der Waals surface area contributed by atoms with Crippen molar-refractivity contribution in [3.8, 4) is 34.0 Å². The van der Waals surface area contributed by atoms with E-state index in [9.17, 15) is 22.8 Å². The summed E-state index contributed by atoms with van der Waals surface area (Å²) in [6.07, 6.45) is 1.80. The van der Waals surface area contributed by atoms with Crippen molar-refractivity contribution >= 4 is 5.69 Å². The maximum atomic E-state index is 14.4. The molecule has 10 heteroatoms. The van der Waals surface area contributed by atoms with Gasteiger partial charge < -0.3 is 5.32 Å². The summed E-state index contributed by atoms with van der Waals surface area (Å²) in [5, 5.41) is 16.2. The van der Waals surface area contributed by atoms with E-state index in [1.807, 2.05) is 6.07 Å². The van der Waals surface area contributed by atoms with Gasteiger partial charge in [-0.1, -0.05) is 0 Å². The second-order valence-electron chi connectivity index (χ2n) is 7.49. The van der Waals surface area contributed by atoms with E-state index >= 15 is 0 Å². The molecule has 0 saturated heterocycles. The van der Waals surface area contributed by atoms with Crippen LogP contribution < -0.4 is 5.32 Å². The van der Waals surface area contributed by atoms with Crippen LogP contribution >= 0.6 is 0 Å². The van der Waals surface area contributed by atoms with Gasteiger partial charge in [0.25, 0.3) is 0 Å². The number of fused-ring (bicyclic) bond motifs is 3. The second kappa shape index (κ2) is 7.41. The van der Waals surface area contributed by atoms with Crippen LogP contribution in [0.1, 0.15) is 22.4 Å². The monoisotopic (exact) mass is 450 g/mol. The largest absolute Gasteiger partial charge is 0.419 e. The molecule has 0 atom stereocenters. The fourth-order valence-electron chi connectivity index (χ4n) is 4.09. The lowest BCUT2D eigenvalue weighted by molar-refractivity contribution is -0.137. The average molecular weight is 450 g/mol. The minimum Gasteiger partial charge on any atom is -0.388 e. The first-order valence-electron chi connectivity index (χ1n) is 9.80. The van der Waals surface area contributed by atoms with Gasteiger partial charge in [-0.05, 0) is 29.3 Å². The molecule has 1 N–H and O–H groups in total. The van der Waals surface area contributed by atoms with E-state index in [0.29, 0.717) is 45.7 Å². The van der Waals surface area contributed by atoms with Gasteiger partial charge in [-0.25, -0.2) is 9.07 Å². The van der Waals surface area contributed by atoms with E-state index in [4.69, 9.17) is 0 Å². The molecule has 3 aromatic heterocycles. The van der Waals surface area contributed by atoms with E-state index in [1.165, 1.54) is 30.7 Å². The highest BCUT2D eigenvalue weighted by atomic mass is 19.4. The first-order valence-corrected chi connectivity index (χ1v) is 9.80. The Balaban J connectivity index is 1.84. The van der Waals surface area contributed by atoms with Crippen LogP contribution in [0, 0.1) is 17.1 Å². The fraction of sp³-hybridized carbons (Fsp3) is 0.130. The number of anilines is 1. The molecule has 4 aromatic rings. The quantitative estimate of drug-likeness (QED) is 0.393. The topological polar surface area (TPSA) is 79.4 Å². The number of rotatable bonds is 3. The normalized spacial score (nSPS) is 12.2. The van der Waals surface area contributed by atoms with Gasteiger partial charge >= 0.3 is 6.18 Å². The van der Waals surface area contributed by atoms with Crippen molar-refractivity contribution in [1.82, 2.24) is 19.7 Å². The summed E-state index contributed by atoms with van der Waals surface area (Å²) in [4.78, 5) is 8.59. The summed E-state index contributed by atoms with van der Waals surface area (Å²) < 4.78 is 55.6. The van der Waals surface area contributed by atoms with Gasteiger partial charge in [0, 0.05) is 60.6 Å². The van der Waals surface area contributed by atoms with Crippen LogP contribution in [-0.4, -0.2) is 26.8 Å². The molecule has 0 unspecified atom stereocenters. The SMILES string of the molecule is CNc1cc(F)cc2c1Cc1ncc(-c3cncc(C#N)c3)c(-n3cc(C(F)(F)F)cn3)c1-2. The third-order valence-electron chi connectivity index (χ3n) is 5.54. The van der Waals surface area contributed by atoms with E-state index in [0.717, 1.165) is 22.6 Å². The number of nitrogens with one attached hydrogen (secondary N) is 1. The van der Waals surface area contributed by atoms with Gasteiger partial charge in [-0.2, -0.15) is 23.5 Å². The summed E-state index contributed by atoms with van der Waals surface area (Å²) >= 11 is 0. The van der Waals surface area contributed by atoms with E-state index in [-0.39, 0.29) is 5.56 Å². The zero-order chi connectivity index (χ0) is 23.3. The molecular weight excluding hydrogens is 436 g/mol. The molecule has 33 heavy (non-hydrogen) atoms. The van der Waals surface area contributed by atoms with E-state index < -0.39 is 17.6 Å². The maximum Gasteiger partial charge on any atom is 0.419 e. The van der Waals surface area contributed by atoms with Crippen molar-refractivity contribution in [1.29, 1.82) is 5.26 Å². The zero-order valence-electron chi connectivity index (χ0n) is 17.1. The highest BCUT2D eigenvalue weighted by Gasteiger charge is 2.34. The van der Waals surface area contributed by atoms with Gasteiger partial charge in [0.2, 0.25) is 0 Å². The zero-order valence-corrected chi connectivity index (χ0v) is 17.1. The van der Waals surface area contributed by atoms with E-state index in [2.05, 4.69) is 20.4 Å². The Bertz CT molecular complexity index is 1450. The molecule has 0 amide bonds. The van der Waals surface area contributed by atoms with Crippen molar-refractivity contribution in [2.75, 3.05) is 12.4 Å². The van der Waals surface area contributed by atoms with Crippen LogP contribution in [0.4, 0.5) is 23.2 Å². The molecule has 1 aromatic carbocycles. The van der Waals surface area contributed by atoms with Crippen molar-refractivity contribution < 1.29 is 17.6 Å². The van der Waals surface area contributed by atoms with Crippen LogP contribution in [-0.2, 0) is 12.6 Å². The smallest absolute Gasteiger partial charge is 0.388 e. The molecule has 164 valence electrons.